The van der Waals surface area contributed by atoms with Crippen LogP contribution in [0.3, 0.4) is 0 Å². The maximum Gasteiger partial charge on any atom is 0.255 e. The molecule has 3 amide bonds. The second kappa shape index (κ2) is 6.57. The highest BCUT2D eigenvalue weighted by molar-refractivity contribution is 6.06. The van der Waals surface area contributed by atoms with Crippen molar-refractivity contribution in [3.8, 4) is 0 Å². The minimum Gasteiger partial charge on any atom is -0.472 e. The molecule has 1 aliphatic heterocycles. The van der Waals surface area contributed by atoms with Crippen molar-refractivity contribution in [2.24, 2.45) is 0 Å². The maximum atomic E-state index is 12.1. The molecule has 1 saturated heterocycles. The van der Waals surface area contributed by atoms with Gasteiger partial charge in [-0.1, -0.05) is 18.2 Å². The van der Waals surface area contributed by atoms with Crippen LogP contribution in [-0.2, 0) is 9.59 Å². The van der Waals surface area contributed by atoms with Crippen molar-refractivity contribution in [3.05, 3.63) is 54.5 Å². The molecule has 0 radical (unpaired) electrons. The third-order valence-electron chi connectivity index (χ3n) is 3.84. The molecule has 2 heterocycles. The zero-order valence-corrected chi connectivity index (χ0v) is 13.1. The highest BCUT2D eigenvalue weighted by Crippen LogP contribution is 2.21. The Hall–Kier alpha value is -3.09. The molecule has 7 heteroatoms. The largest absolute Gasteiger partial charge is 0.472 e. The maximum absolute atomic E-state index is 12.1. The first kappa shape index (κ1) is 15.8. The van der Waals surface area contributed by atoms with Gasteiger partial charge in [-0.15, -0.1) is 0 Å². The SMILES string of the molecule is C[C@H](NC(=O)c1ccoc1)C(=O)N[C@@H]1CN(c2ccccc2)C1=O. The fraction of sp³-hybridized carbons (Fsp3) is 0.235. The number of amides is 3. The number of rotatable bonds is 5. The van der Waals surface area contributed by atoms with Crippen LogP contribution in [0, 0.1) is 0 Å². The number of hydrogen-bond donors (Lipinski definition) is 2. The standard InChI is InChI=1S/C17H17N3O4/c1-11(18-16(22)12-7-8-24-10-12)15(21)19-14-9-20(17(14)23)13-5-3-2-4-6-13/h2-8,10-11,14H,9H2,1H3,(H,18,22)(H,19,21)/t11-,14+/m0/s1. The quantitative estimate of drug-likeness (QED) is 0.799. The van der Waals surface area contributed by atoms with Gasteiger partial charge in [-0.25, -0.2) is 0 Å². The molecule has 0 saturated carbocycles. The van der Waals surface area contributed by atoms with Gasteiger partial charge in [0.1, 0.15) is 18.3 Å². The van der Waals surface area contributed by atoms with Crippen molar-refractivity contribution < 1.29 is 18.8 Å². The molecule has 0 bridgehead atoms. The molecule has 2 atom stereocenters. The van der Waals surface area contributed by atoms with Gasteiger partial charge in [-0.2, -0.15) is 0 Å². The lowest BCUT2D eigenvalue weighted by atomic mass is 10.1. The number of anilines is 1. The first-order valence-corrected chi connectivity index (χ1v) is 7.56. The summed E-state index contributed by atoms with van der Waals surface area (Å²) >= 11 is 0. The Kier molecular flexibility index (Phi) is 4.33. The first-order valence-electron chi connectivity index (χ1n) is 7.56. The molecule has 124 valence electrons. The summed E-state index contributed by atoms with van der Waals surface area (Å²) in [7, 11) is 0. The van der Waals surface area contributed by atoms with Crippen LogP contribution in [0.4, 0.5) is 5.69 Å². The average molecular weight is 327 g/mol. The predicted octanol–water partition coefficient (Wildman–Crippen LogP) is 0.929. The zero-order chi connectivity index (χ0) is 17.1. The molecule has 0 aliphatic carbocycles. The Morgan fingerprint density at radius 2 is 2.00 bits per heavy atom. The van der Waals surface area contributed by atoms with Gasteiger partial charge in [-0.3, -0.25) is 14.4 Å². The van der Waals surface area contributed by atoms with Crippen LogP contribution >= 0.6 is 0 Å². The van der Waals surface area contributed by atoms with Gasteiger partial charge < -0.3 is 20.0 Å². The summed E-state index contributed by atoms with van der Waals surface area (Å²) in [6.07, 6.45) is 2.68. The number of para-hydroxylation sites is 1. The van der Waals surface area contributed by atoms with E-state index in [0.717, 1.165) is 5.69 Å². The molecule has 1 fully saturated rings. The van der Waals surface area contributed by atoms with Crippen molar-refractivity contribution in [2.45, 2.75) is 19.0 Å². The first-order chi connectivity index (χ1) is 11.6. The van der Waals surface area contributed by atoms with E-state index in [1.165, 1.54) is 18.6 Å². The van der Waals surface area contributed by atoms with Crippen LogP contribution in [0.25, 0.3) is 0 Å². The molecular weight excluding hydrogens is 310 g/mol. The second-order valence-electron chi connectivity index (χ2n) is 5.55. The minimum absolute atomic E-state index is 0.164. The van der Waals surface area contributed by atoms with Crippen molar-refractivity contribution in [2.75, 3.05) is 11.4 Å². The van der Waals surface area contributed by atoms with E-state index < -0.39 is 23.9 Å². The Balaban J connectivity index is 1.51. The summed E-state index contributed by atoms with van der Waals surface area (Å²) in [5, 5.41) is 5.21. The summed E-state index contributed by atoms with van der Waals surface area (Å²) in [6, 6.07) is 9.43. The fourth-order valence-corrected chi connectivity index (χ4v) is 2.41. The topological polar surface area (TPSA) is 91.7 Å². The molecule has 7 nitrogen and oxygen atoms in total. The van der Waals surface area contributed by atoms with Crippen LogP contribution < -0.4 is 15.5 Å². The molecule has 0 spiro atoms. The van der Waals surface area contributed by atoms with E-state index in [4.69, 9.17) is 4.42 Å². The van der Waals surface area contributed by atoms with Gasteiger partial charge in [0.05, 0.1) is 18.4 Å². The highest BCUT2D eigenvalue weighted by atomic mass is 16.3. The summed E-state index contributed by atoms with van der Waals surface area (Å²) in [5.41, 5.74) is 1.14. The van der Waals surface area contributed by atoms with Crippen molar-refractivity contribution in [3.63, 3.8) is 0 Å². The molecule has 3 rings (SSSR count). The van der Waals surface area contributed by atoms with Gasteiger partial charge in [0.2, 0.25) is 5.91 Å². The van der Waals surface area contributed by atoms with Crippen LogP contribution in [0.2, 0.25) is 0 Å². The number of β-lactam (4-membered cyclic amide) rings is 1. The number of nitrogens with one attached hydrogen (secondary N) is 2. The Labute approximate surface area is 138 Å². The number of benzene rings is 1. The van der Waals surface area contributed by atoms with Crippen molar-refractivity contribution in [1.29, 1.82) is 0 Å². The van der Waals surface area contributed by atoms with E-state index in [1.807, 2.05) is 30.3 Å². The van der Waals surface area contributed by atoms with E-state index in [9.17, 15) is 14.4 Å². The number of hydrogen-bond acceptors (Lipinski definition) is 4. The normalized spacial score (nSPS) is 17.8. The van der Waals surface area contributed by atoms with Crippen molar-refractivity contribution >= 4 is 23.4 Å². The van der Waals surface area contributed by atoms with Gasteiger partial charge in [0, 0.05) is 5.69 Å². The van der Waals surface area contributed by atoms with Crippen LogP contribution in [0.15, 0.2) is 53.3 Å². The summed E-state index contributed by atoms with van der Waals surface area (Å²) < 4.78 is 4.83. The Bertz CT molecular complexity index is 742. The monoisotopic (exact) mass is 327 g/mol. The summed E-state index contributed by atoms with van der Waals surface area (Å²) in [4.78, 5) is 37.7. The minimum atomic E-state index is -0.758. The van der Waals surface area contributed by atoms with Gasteiger partial charge in [0.15, 0.2) is 0 Å². The van der Waals surface area contributed by atoms with Gasteiger partial charge >= 0.3 is 0 Å². The molecule has 0 unspecified atom stereocenters. The molecule has 2 N–H and O–H groups in total. The summed E-state index contributed by atoms with van der Waals surface area (Å²) in [6.45, 7) is 1.97. The molecule has 2 aromatic rings. The lowest BCUT2D eigenvalue weighted by molar-refractivity contribution is -0.131. The van der Waals surface area contributed by atoms with E-state index >= 15 is 0 Å². The molecule has 24 heavy (non-hydrogen) atoms. The van der Waals surface area contributed by atoms with Crippen LogP contribution in [0.5, 0.6) is 0 Å². The Morgan fingerprint density at radius 3 is 2.62 bits per heavy atom. The Morgan fingerprint density at radius 1 is 1.25 bits per heavy atom. The second-order valence-corrected chi connectivity index (χ2v) is 5.55. The molecular formula is C17H17N3O4. The third-order valence-corrected chi connectivity index (χ3v) is 3.84. The highest BCUT2D eigenvalue weighted by Gasteiger charge is 2.39. The predicted molar refractivity (Wildman–Crippen MR) is 86.4 cm³/mol. The van der Waals surface area contributed by atoms with E-state index in [2.05, 4.69) is 10.6 Å². The van der Waals surface area contributed by atoms with Crippen LogP contribution in [-0.4, -0.2) is 36.3 Å². The number of carbonyl (C=O) groups is 3. The lowest BCUT2D eigenvalue weighted by Gasteiger charge is -2.39. The van der Waals surface area contributed by atoms with E-state index in [1.54, 1.807) is 11.8 Å². The van der Waals surface area contributed by atoms with E-state index in [0.29, 0.717) is 12.1 Å². The molecule has 1 aromatic heterocycles. The van der Waals surface area contributed by atoms with Gasteiger partial charge in [-0.05, 0) is 25.1 Å². The average Bonchev–Trinajstić information content (AvgIpc) is 3.13. The zero-order valence-electron chi connectivity index (χ0n) is 13.1. The lowest BCUT2D eigenvalue weighted by Crippen LogP contribution is -2.65. The van der Waals surface area contributed by atoms with E-state index in [-0.39, 0.29) is 5.91 Å². The number of carbonyl (C=O) groups excluding carboxylic acids is 3. The van der Waals surface area contributed by atoms with Crippen molar-refractivity contribution in [1.82, 2.24) is 10.6 Å². The molecule has 1 aliphatic rings. The number of furan rings is 1. The van der Waals surface area contributed by atoms with Crippen LogP contribution in [0.1, 0.15) is 17.3 Å². The van der Waals surface area contributed by atoms with Gasteiger partial charge in [0.25, 0.3) is 11.8 Å². The summed E-state index contributed by atoms with van der Waals surface area (Å²) in [5.74, 6) is -0.974. The fourth-order valence-electron chi connectivity index (χ4n) is 2.41. The smallest absolute Gasteiger partial charge is 0.255 e. The number of nitrogens with zero attached hydrogens (tertiary/aromatic N) is 1. The molecule has 1 aromatic carbocycles. The third kappa shape index (κ3) is 3.15.